The Bertz CT molecular complexity index is 591. The van der Waals surface area contributed by atoms with Gasteiger partial charge < -0.3 is 16.2 Å². The van der Waals surface area contributed by atoms with E-state index in [4.69, 9.17) is 28.9 Å². The molecule has 4 N–H and O–H groups in total. The molecule has 0 saturated heterocycles. The maximum atomic E-state index is 12.3. The van der Waals surface area contributed by atoms with Crippen LogP contribution >= 0.6 is 23.2 Å². The van der Waals surface area contributed by atoms with Gasteiger partial charge in [0, 0.05) is 19.0 Å². The van der Waals surface area contributed by atoms with Crippen molar-refractivity contribution in [2.24, 2.45) is 17.6 Å². The molecular weight excluding hydrogens is 371 g/mol. The molecule has 0 aliphatic heterocycles. The number of rotatable bonds is 8. The second-order valence-electron chi connectivity index (χ2n) is 7.47. The molecule has 0 spiro atoms. The van der Waals surface area contributed by atoms with Crippen LogP contribution in [0, 0.1) is 11.8 Å². The van der Waals surface area contributed by atoms with Crippen molar-refractivity contribution in [1.82, 2.24) is 5.32 Å². The molecule has 3 atom stereocenters. The van der Waals surface area contributed by atoms with E-state index in [-0.39, 0.29) is 17.9 Å². The molecule has 1 aliphatic carbocycles. The fourth-order valence-electron chi connectivity index (χ4n) is 3.87. The lowest BCUT2D eigenvalue weighted by Crippen LogP contribution is -2.41. The van der Waals surface area contributed by atoms with E-state index in [1.54, 1.807) is 19.2 Å². The summed E-state index contributed by atoms with van der Waals surface area (Å²) in [6.07, 6.45) is 7.17. The van der Waals surface area contributed by atoms with Crippen molar-refractivity contribution in [2.45, 2.75) is 63.5 Å². The highest BCUT2D eigenvalue weighted by Crippen LogP contribution is 2.29. The van der Waals surface area contributed by atoms with Crippen molar-refractivity contribution in [3.8, 4) is 0 Å². The lowest BCUT2D eigenvalue weighted by atomic mass is 9.82. The minimum Gasteiger partial charge on any atom is -0.391 e. The van der Waals surface area contributed by atoms with E-state index in [1.165, 1.54) is 32.1 Å². The second kappa shape index (κ2) is 10.5. The van der Waals surface area contributed by atoms with Crippen LogP contribution in [0.15, 0.2) is 18.2 Å². The van der Waals surface area contributed by atoms with Crippen LogP contribution in [0.4, 0.5) is 0 Å². The van der Waals surface area contributed by atoms with Gasteiger partial charge in [-0.15, -0.1) is 0 Å². The molecule has 1 aromatic carbocycles. The Morgan fingerprint density at radius 3 is 2.58 bits per heavy atom. The number of carbonyl (C=O) groups is 1. The summed E-state index contributed by atoms with van der Waals surface area (Å²) in [5, 5.41) is 14.2. The predicted octanol–water partition coefficient (Wildman–Crippen LogP) is 3.95. The van der Waals surface area contributed by atoms with Gasteiger partial charge in [0.15, 0.2) is 0 Å². The number of nitrogens with two attached hydrogens (primary N) is 1. The van der Waals surface area contributed by atoms with Crippen LogP contribution in [0.25, 0.3) is 0 Å². The van der Waals surface area contributed by atoms with Gasteiger partial charge in [0.1, 0.15) is 0 Å². The molecule has 1 aliphatic rings. The Morgan fingerprint density at radius 2 is 1.96 bits per heavy atom. The average Bonchev–Trinajstić information content (AvgIpc) is 2.64. The lowest BCUT2D eigenvalue weighted by Gasteiger charge is -2.28. The normalized spacial score (nSPS) is 19.0. The SMILES string of the molecule is CNC(=O)C(Cc1ccc(Cl)c(Cl)c1)CC(O)[C@@H](N)CC1CCCCC1. The number of amides is 1. The first-order valence-corrected chi connectivity index (χ1v) is 10.3. The van der Waals surface area contributed by atoms with Gasteiger partial charge >= 0.3 is 0 Å². The summed E-state index contributed by atoms with van der Waals surface area (Å²) in [4.78, 5) is 12.3. The number of aliphatic hydroxyl groups is 1. The van der Waals surface area contributed by atoms with E-state index in [1.807, 2.05) is 6.07 Å². The van der Waals surface area contributed by atoms with Gasteiger partial charge in [-0.25, -0.2) is 0 Å². The summed E-state index contributed by atoms with van der Waals surface area (Å²) >= 11 is 12.0. The van der Waals surface area contributed by atoms with Crippen LogP contribution in [-0.4, -0.2) is 30.2 Å². The van der Waals surface area contributed by atoms with Crippen molar-refractivity contribution >= 4 is 29.1 Å². The fraction of sp³-hybridized carbons (Fsp3) is 0.650. The number of halogens is 2. The van der Waals surface area contributed by atoms with Gasteiger partial charge in [-0.2, -0.15) is 0 Å². The summed E-state index contributed by atoms with van der Waals surface area (Å²) in [6, 6.07) is 5.07. The van der Waals surface area contributed by atoms with Gasteiger partial charge in [-0.3, -0.25) is 4.79 Å². The van der Waals surface area contributed by atoms with Gasteiger partial charge in [0.2, 0.25) is 5.91 Å². The molecule has 6 heteroatoms. The topological polar surface area (TPSA) is 75.3 Å². The van der Waals surface area contributed by atoms with Crippen molar-refractivity contribution in [3.05, 3.63) is 33.8 Å². The van der Waals surface area contributed by atoms with E-state index in [2.05, 4.69) is 5.32 Å². The van der Waals surface area contributed by atoms with Crippen molar-refractivity contribution in [2.75, 3.05) is 7.05 Å². The van der Waals surface area contributed by atoms with Gasteiger partial charge in [0.25, 0.3) is 0 Å². The number of hydrogen-bond acceptors (Lipinski definition) is 3. The van der Waals surface area contributed by atoms with Crippen molar-refractivity contribution < 1.29 is 9.90 Å². The van der Waals surface area contributed by atoms with Gasteiger partial charge in [0.05, 0.1) is 16.1 Å². The largest absolute Gasteiger partial charge is 0.391 e. The minimum atomic E-state index is -0.693. The molecule has 2 rings (SSSR count). The van der Waals surface area contributed by atoms with Crippen LogP contribution in [0.1, 0.15) is 50.5 Å². The van der Waals surface area contributed by atoms with Crippen LogP contribution in [-0.2, 0) is 11.2 Å². The zero-order chi connectivity index (χ0) is 19.1. The first-order valence-electron chi connectivity index (χ1n) is 9.49. The standard InChI is InChI=1S/C20H30Cl2N2O2/c1-24-20(26)15(9-14-7-8-16(21)17(22)10-14)12-19(25)18(23)11-13-5-3-2-4-6-13/h7-8,10,13,15,18-19,25H,2-6,9,11-12,23H2,1H3,(H,24,26)/t15?,18-,19?/m0/s1. The van der Waals surface area contributed by atoms with Gasteiger partial charge in [-0.05, 0) is 42.9 Å². The number of carbonyl (C=O) groups excluding carboxylic acids is 1. The highest BCUT2D eigenvalue weighted by Gasteiger charge is 2.27. The number of hydrogen-bond donors (Lipinski definition) is 3. The maximum absolute atomic E-state index is 12.3. The molecule has 1 fully saturated rings. The van der Waals surface area contributed by atoms with E-state index in [0.29, 0.717) is 28.8 Å². The van der Waals surface area contributed by atoms with Crippen LogP contribution in [0.3, 0.4) is 0 Å². The van der Waals surface area contributed by atoms with E-state index < -0.39 is 6.10 Å². The summed E-state index contributed by atoms with van der Waals surface area (Å²) in [6.45, 7) is 0. The first-order chi connectivity index (χ1) is 12.4. The molecule has 1 amide bonds. The maximum Gasteiger partial charge on any atom is 0.223 e. The zero-order valence-electron chi connectivity index (χ0n) is 15.4. The molecule has 0 aromatic heterocycles. The Labute approximate surface area is 166 Å². The number of aliphatic hydroxyl groups excluding tert-OH is 1. The summed E-state index contributed by atoms with van der Waals surface area (Å²) in [5.41, 5.74) is 7.17. The number of benzene rings is 1. The van der Waals surface area contributed by atoms with E-state index in [9.17, 15) is 9.90 Å². The van der Waals surface area contributed by atoms with Crippen LogP contribution in [0.5, 0.6) is 0 Å². The summed E-state index contributed by atoms with van der Waals surface area (Å²) < 4.78 is 0. The smallest absolute Gasteiger partial charge is 0.223 e. The predicted molar refractivity (Wildman–Crippen MR) is 108 cm³/mol. The molecule has 26 heavy (non-hydrogen) atoms. The van der Waals surface area contributed by atoms with Crippen LogP contribution in [0.2, 0.25) is 10.0 Å². The second-order valence-corrected chi connectivity index (χ2v) is 8.28. The molecule has 4 nitrogen and oxygen atoms in total. The van der Waals surface area contributed by atoms with E-state index in [0.717, 1.165) is 12.0 Å². The van der Waals surface area contributed by atoms with Crippen LogP contribution < -0.4 is 11.1 Å². The Balaban J connectivity index is 1.96. The Kier molecular flexibility index (Phi) is 8.68. The molecule has 0 heterocycles. The number of nitrogens with one attached hydrogen (secondary N) is 1. The fourth-order valence-corrected chi connectivity index (χ4v) is 4.19. The molecule has 1 aromatic rings. The quantitative estimate of drug-likeness (QED) is 0.618. The molecular formula is C20H30Cl2N2O2. The third-order valence-electron chi connectivity index (χ3n) is 5.43. The third kappa shape index (κ3) is 6.41. The zero-order valence-corrected chi connectivity index (χ0v) is 16.9. The summed E-state index contributed by atoms with van der Waals surface area (Å²) in [5.74, 6) is 0.145. The highest BCUT2D eigenvalue weighted by molar-refractivity contribution is 6.42. The Morgan fingerprint density at radius 1 is 1.27 bits per heavy atom. The molecule has 0 bridgehead atoms. The third-order valence-corrected chi connectivity index (χ3v) is 6.17. The molecule has 2 unspecified atom stereocenters. The van der Waals surface area contributed by atoms with Crippen molar-refractivity contribution in [3.63, 3.8) is 0 Å². The summed E-state index contributed by atoms with van der Waals surface area (Å²) in [7, 11) is 1.61. The first kappa shape index (κ1) is 21.5. The molecule has 1 saturated carbocycles. The highest BCUT2D eigenvalue weighted by atomic mass is 35.5. The minimum absolute atomic E-state index is 0.0972. The van der Waals surface area contributed by atoms with Gasteiger partial charge in [-0.1, -0.05) is 61.4 Å². The monoisotopic (exact) mass is 400 g/mol. The molecule has 146 valence electrons. The average molecular weight is 401 g/mol. The molecule has 0 radical (unpaired) electrons. The van der Waals surface area contributed by atoms with E-state index >= 15 is 0 Å². The van der Waals surface area contributed by atoms with Crippen molar-refractivity contribution in [1.29, 1.82) is 0 Å². The lowest BCUT2D eigenvalue weighted by molar-refractivity contribution is -0.125. The Hall–Kier alpha value is -0.810.